The van der Waals surface area contributed by atoms with Crippen LogP contribution < -0.4 is 10.2 Å². The summed E-state index contributed by atoms with van der Waals surface area (Å²) in [6.45, 7) is 4.93. The number of carbonyl (C=O) groups is 2. The van der Waals surface area contributed by atoms with Crippen molar-refractivity contribution in [2.75, 3.05) is 16.8 Å². The van der Waals surface area contributed by atoms with Crippen LogP contribution in [0.4, 0.5) is 15.8 Å². The third kappa shape index (κ3) is 4.74. The van der Waals surface area contributed by atoms with E-state index in [1.165, 1.54) is 18.6 Å². The number of nitrogens with one attached hydrogen (secondary N) is 1. The van der Waals surface area contributed by atoms with Gasteiger partial charge in [0, 0.05) is 36.2 Å². The lowest BCUT2D eigenvalue weighted by Gasteiger charge is -2.36. The molecule has 3 aromatic rings. The first-order chi connectivity index (χ1) is 15.9. The third-order valence-electron chi connectivity index (χ3n) is 5.99. The Morgan fingerprint density at radius 2 is 1.97 bits per heavy atom. The minimum atomic E-state index is -1.33. The highest BCUT2D eigenvalue weighted by Crippen LogP contribution is 2.36. The third-order valence-corrected chi connectivity index (χ3v) is 5.99. The molecular formula is C25H26FN3O4. The summed E-state index contributed by atoms with van der Waals surface area (Å²) in [6, 6.07) is 11.6. The van der Waals surface area contributed by atoms with Crippen LogP contribution in [0.5, 0.6) is 0 Å². The van der Waals surface area contributed by atoms with Gasteiger partial charge in [-0.3, -0.25) is 4.79 Å². The molecule has 1 saturated heterocycles. The highest BCUT2D eigenvalue weighted by molar-refractivity contribution is 5.95. The van der Waals surface area contributed by atoms with Crippen molar-refractivity contribution in [2.45, 2.75) is 45.6 Å². The lowest BCUT2D eigenvalue weighted by atomic mass is 10.0. The maximum Gasteiger partial charge on any atom is 0.338 e. The summed E-state index contributed by atoms with van der Waals surface area (Å²) in [5.74, 6) is -1.79. The lowest BCUT2D eigenvalue weighted by Crippen LogP contribution is -2.38. The van der Waals surface area contributed by atoms with Crippen LogP contribution in [0.1, 0.15) is 49.9 Å². The Kier molecular flexibility index (Phi) is 6.44. The van der Waals surface area contributed by atoms with E-state index in [4.69, 9.17) is 9.63 Å². The first-order valence-electron chi connectivity index (χ1n) is 11.1. The van der Waals surface area contributed by atoms with Gasteiger partial charge in [0.1, 0.15) is 11.5 Å². The molecule has 1 atom stereocenters. The molecule has 33 heavy (non-hydrogen) atoms. The standard InChI is InChI=1S/C25H26FN3O4/c1-3-24(30)27-21-13-17(8-10-22(21)29-11-5-4-6-15(29)2)23-14-20(28-33-23)16-7-9-18(25(31)32)19(26)12-16/h7-10,12-15H,3-6,11H2,1-2H3,(H,27,30)(H,31,32). The number of aromatic nitrogens is 1. The average Bonchev–Trinajstić information content (AvgIpc) is 3.29. The largest absolute Gasteiger partial charge is 0.478 e. The van der Waals surface area contributed by atoms with Gasteiger partial charge in [0.2, 0.25) is 5.91 Å². The van der Waals surface area contributed by atoms with Gasteiger partial charge in [-0.05, 0) is 56.5 Å². The van der Waals surface area contributed by atoms with E-state index in [0.29, 0.717) is 35.2 Å². The second-order valence-corrected chi connectivity index (χ2v) is 8.25. The van der Waals surface area contributed by atoms with Crippen LogP contribution in [-0.2, 0) is 4.79 Å². The second kappa shape index (κ2) is 9.44. The number of anilines is 2. The van der Waals surface area contributed by atoms with E-state index in [-0.39, 0.29) is 5.91 Å². The molecule has 1 fully saturated rings. The van der Waals surface area contributed by atoms with Gasteiger partial charge in [-0.15, -0.1) is 0 Å². The van der Waals surface area contributed by atoms with Crippen molar-refractivity contribution in [2.24, 2.45) is 0 Å². The van der Waals surface area contributed by atoms with Crippen molar-refractivity contribution in [3.8, 4) is 22.6 Å². The normalized spacial score (nSPS) is 16.0. The molecule has 172 valence electrons. The van der Waals surface area contributed by atoms with Crippen LogP contribution in [0.3, 0.4) is 0 Å². The molecule has 1 amide bonds. The summed E-state index contributed by atoms with van der Waals surface area (Å²) in [4.78, 5) is 25.6. The van der Waals surface area contributed by atoms with E-state index in [2.05, 4.69) is 22.3 Å². The van der Waals surface area contributed by atoms with Gasteiger partial charge in [0.15, 0.2) is 5.76 Å². The Bertz CT molecular complexity index is 1190. The smallest absolute Gasteiger partial charge is 0.338 e. The summed E-state index contributed by atoms with van der Waals surface area (Å²) in [5, 5.41) is 16.0. The van der Waals surface area contributed by atoms with E-state index in [9.17, 15) is 14.0 Å². The summed E-state index contributed by atoms with van der Waals surface area (Å²) >= 11 is 0. The number of hydrogen-bond donors (Lipinski definition) is 2. The number of nitrogens with zero attached hydrogens (tertiary/aromatic N) is 2. The van der Waals surface area contributed by atoms with Crippen LogP contribution in [0, 0.1) is 5.82 Å². The molecule has 0 bridgehead atoms. The zero-order valence-corrected chi connectivity index (χ0v) is 18.6. The highest BCUT2D eigenvalue weighted by Gasteiger charge is 2.23. The van der Waals surface area contributed by atoms with Gasteiger partial charge < -0.3 is 19.8 Å². The highest BCUT2D eigenvalue weighted by atomic mass is 19.1. The number of benzene rings is 2. The Morgan fingerprint density at radius 3 is 2.67 bits per heavy atom. The molecule has 8 heteroatoms. The first kappa shape index (κ1) is 22.5. The van der Waals surface area contributed by atoms with Crippen LogP contribution in [-0.4, -0.2) is 34.7 Å². The number of amides is 1. The molecule has 0 aliphatic carbocycles. The first-order valence-corrected chi connectivity index (χ1v) is 11.1. The van der Waals surface area contributed by atoms with Crippen molar-refractivity contribution < 1.29 is 23.6 Å². The SMILES string of the molecule is CCC(=O)Nc1cc(-c2cc(-c3ccc(C(=O)O)c(F)c3)no2)ccc1N1CCCCC1C. The van der Waals surface area contributed by atoms with E-state index in [1.54, 1.807) is 13.0 Å². The Morgan fingerprint density at radius 1 is 1.18 bits per heavy atom. The van der Waals surface area contributed by atoms with Crippen molar-refractivity contribution in [1.82, 2.24) is 5.16 Å². The number of carboxylic acid groups (broad SMARTS) is 1. The minimum Gasteiger partial charge on any atom is -0.478 e. The number of aromatic carboxylic acids is 1. The summed E-state index contributed by atoms with van der Waals surface area (Å²) in [6.07, 6.45) is 3.77. The number of rotatable bonds is 6. The molecule has 7 nitrogen and oxygen atoms in total. The van der Waals surface area contributed by atoms with Crippen LogP contribution in [0.25, 0.3) is 22.6 Å². The van der Waals surface area contributed by atoms with Crippen LogP contribution in [0.15, 0.2) is 47.0 Å². The predicted molar refractivity (Wildman–Crippen MR) is 124 cm³/mol. The molecule has 1 aromatic heterocycles. The topological polar surface area (TPSA) is 95.7 Å². The quantitative estimate of drug-likeness (QED) is 0.508. The zero-order valence-electron chi connectivity index (χ0n) is 18.6. The van der Waals surface area contributed by atoms with Crippen molar-refractivity contribution in [3.05, 3.63) is 53.8 Å². The predicted octanol–water partition coefficient (Wildman–Crippen LogP) is 5.57. The van der Waals surface area contributed by atoms with Gasteiger partial charge in [-0.25, -0.2) is 9.18 Å². The van der Waals surface area contributed by atoms with Crippen molar-refractivity contribution >= 4 is 23.3 Å². The fourth-order valence-electron chi connectivity index (χ4n) is 4.13. The fraction of sp³-hybridized carbons (Fsp3) is 0.320. The molecule has 0 saturated carbocycles. The number of carbonyl (C=O) groups excluding carboxylic acids is 1. The maximum atomic E-state index is 14.1. The molecule has 0 radical (unpaired) electrons. The Labute approximate surface area is 191 Å². The molecule has 0 spiro atoms. The summed E-state index contributed by atoms with van der Waals surface area (Å²) in [7, 11) is 0. The van der Waals surface area contributed by atoms with Gasteiger partial charge in [0.05, 0.1) is 16.9 Å². The zero-order chi connectivity index (χ0) is 23.5. The molecule has 1 aliphatic heterocycles. The van der Waals surface area contributed by atoms with Gasteiger partial charge >= 0.3 is 5.97 Å². The maximum absolute atomic E-state index is 14.1. The Hall–Kier alpha value is -3.68. The number of halogens is 1. The lowest BCUT2D eigenvalue weighted by molar-refractivity contribution is -0.115. The molecule has 4 rings (SSSR count). The molecule has 2 aromatic carbocycles. The van der Waals surface area contributed by atoms with Gasteiger partial charge in [-0.2, -0.15) is 0 Å². The number of piperidine rings is 1. The fourth-order valence-corrected chi connectivity index (χ4v) is 4.13. The molecule has 2 N–H and O–H groups in total. The molecular weight excluding hydrogens is 425 g/mol. The van der Waals surface area contributed by atoms with Gasteiger partial charge in [-0.1, -0.05) is 18.1 Å². The average molecular weight is 451 g/mol. The molecule has 1 unspecified atom stereocenters. The van der Waals surface area contributed by atoms with E-state index in [1.807, 2.05) is 18.2 Å². The van der Waals surface area contributed by atoms with E-state index in [0.717, 1.165) is 36.7 Å². The van der Waals surface area contributed by atoms with Gasteiger partial charge in [0.25, 0.3) is 0 Å². The van der Waals surface area contributed by atoms with Crippen LogP contribution >= 0.6 is 0 Å². The second-order valence-electron chi connectivity index (χ2n) is 8.25. The number of hydrogen-bond acceptors (Lipinski definition) is 5. The molecule has 1 aliphatic rings. The summed E-state index contributed by atoms with van der Waals surface area (Å²) < 4.78 is 19.6. The van der Waals surface area contributed by atoms with Crippen molar-refractivity contribution in [3.63, 3.8) is 0 Å². The van der Waals surface area contributed by atoms with Crippen molar-refractivity contribution in [1.29, 1.82) is 0 Å². The monoisotopic (exact) mass is 451 g/mol. The number of carboxylic acids is 1. The molecule has 2 heterocycles. The summed E-state index contributed by atoms with van der Waals surface area (Å²) in [5.41, 5.74) is 2.79. The van der Waals surface area contributed by atoms with E-state index >= 15 is 0 Å². The Balaban J connectivity index is 1.67. The van der Waals surface area contributed by atoms with E-state index < -0.39 is 17.3 Å². The minimum absolute atomic E-state index is 0.0784. The van der Waals surface area contributed by atoms with Crippen LogP contribution in [0.2, 0.25) is 0 Å².